The maximum absolute atomic E-state index is 11.3. The van der Waals surface area contributed by atoms with Gasteiger partial charge in [-0.3, -0.25) is 4.79 Å². The number of fused-ring (bicyclic) bond motifs is 2. The molecule has 1 aliphatic carbocycles. The molecule has 2 rings (SSSR count). The number of carbonyl (C=O) groups is 1. The van der Waals surface area contributed by atoms with Crippen molar-refractivity contribution in [1.82, 2.24) is 10.2 Å². The molecule has 2 fully saturated rings. The monoisotopic (exact) mass is 239 g/mol. The van der Waals surface area contributed by atoms with E-state index in [1.165, 1.54) is 25.8 Å². The Morgan fingerprint density at radius 2 is 2.24 bits per heavy atom. The predicted octanol–water partition coefficient (Wildman–Crippen LogP) is 0.713. The van der Waals surface area contributed by atoms with E-state index in [0.29, 0.717) is 6.04 Å². The van der Waals surface area contributed by atoms with Crippen LogP contribution in [0, 0.1) is 5.92 Å². The summed E-state index contributed by atoms with van der Waals surface area (Å²) in [6.45, 7) is 6.34. The van der Waals surface area contributed by atoms with Gasteiger partial charge in [0.2, 0.25) is 5.91 Å². The number of piperidine rings is 1. The average Bonchev–Trinajstić information content (AvgIpc) is 2.84. The zero-order valence-corrected chi connectivity index (χ0v) is 11.0. The molecule has 3 unspecified atom stereocenters. The molecule has 1 aliphatic heterocycles. The van der Waals surface area contributed by atoms with Gasteiger partial charge in [-0.1, -0.05) is 13.8 Å². The number of nitrogens with two attached hydrogens (primary N) is 1. The van der Waals surface area contributed by atoms with E-state index in [-0.39, 0.29) is 11.9 Å². The molecule has 2 aliphatic rings. The lowest BCUT2D eigenvalue weighted by atomic mass is 10.1. The van der Waals surface area contributed by atoms with Gasteiger partial charge in [-0.05, 0) is 31.6 Å². The normalized spacial score (nSPS) is 30.1. The van der Waals surface area contributed by atoms with E-state index in [4.69, 9.17) is 5.73 Å². The summed E-state index contributed by atoms with van der Waals surface area (Å²) >= 11 is 0. The number of amides is 1. The second-order valence-corrected chi connectivity index (χ2v) is 5.89. The Kier molecular flexibility index (Phi) is 4.05. The van der Waals surface area contributed by atoms with Gasteiger partial charge >= 0.3 is 0 Å². The molecule has 0 spiro atoms. The first-order valence-electron chi connectivity index (χ1n) is 6.85. The highest BCUT2D eigenvalue weighted by Gasteiger charge is 2.37. The highest BCUT2D eigenvalue weighted by molar-refractivity contribution is 5.79. The third kappa shape index (κ3) is 3.19. The number of primary amides is 1. The first kappa shape index (κ1) is 12.8. The van der Waals surface area contributed by atoms with Crippen LogP contribution in [-0.2, 0) is 4.79 Å². The Bertz CT molecular complexity index is 280. The van der Waals surface area contributed by atoms with Crippen molar-refractivity contribution in [3.05, 3.63) is 0 Å². The molecule has 1 saturated heterocycles. The van der Waals surface area contributed by atoms with E-state index in [9.17, 15) is 4.79 Å². The fraction of sp³-hybridized carbons (Fsp3) is 0.923. The van der Waals surface area contributed by atoms with Crippen LogP contribution in [0.5, 0.6) is 0 Å². The molecule has 0 aromatic carbocycles. The Labute approximate surface area is 104 Å². The topological polar surface area (TPSA) is 58.4 Å². The van der Waals surface area contributed by atoms with Crippen molar-refractivity contribution < 1.29 is 4.79 Å². The number of hydrogen-bond acceptors (Lipinski definition) is 3. The molecule has 4 nitrogen and oxygen atoms in total. The molecule has 0 radical (unpaired) electrons. The smallest absolute Gasteiger partial charge is 0.234 e. The van der Waals surface area contributed by atoms with Crippen molar-refractivity contribution in [3.63, 3.8) is 0 Å². The van der Waals surface area contributed by atoms with Gasteiger partial charge in [-0.15, -0.1) is 0 Å². The van der Waals surface area contributed by atoms with Crippen molar-refractivity contribution in [3.8, 4) is 0 Å². The Balaban J connectivity index is 1.77. The van der Waals surface area contributed by atoms with Crippen LogP contribution >= 0.6 is 0 Å². The van der Waals surface area contributed by atoms with Gasteiger partial charge in [0.15, 0.2) is 0 Å². The third-order valence-corrected chi connectivity index (χ3v) is 4.11. The lowest BCUT2D eigenvalue weighted by molar-refractivity contribution is -0.120. The Morgan fingerprint density at radius 1 is 1.47 bits per heavy atom. The van der Waals surface area contributed by atoms with E-state index in [0.717, 1.165) is 24.9 Å². The number of hydrogen-bond donors (Lipinski definition) is 2. The van der Waals surface area contributed by atoms with Crippen LogP contribution < -0.4 is 11.1 Å². The summed E-state index contributed by atoms with van der Waals surface area (Å²) in [7, 11) is 0. The van der Waals surface area contributed by atoms with Crippen LogP contribution in [0.25, 0.3) is 0 Å². The Morgan fingerprint density at radius 3 is 2.71 bits per heavy atom. The lowest BCUT2D eigenvalue weighted by Crippen LogP contribution is -2.47. The van der Waals surface area contributed by atoms with Gasteiger partial charge in [0.25, 0.3) is 0 Å². The third-order valence-electron chi connectivity index (χ3n) is 4.11. The maximum Gasteiger partial charge on any atom is 0.234 e. The highest BCUT2D eigenvalue weighted by Crippen LogP contribution is 2.37. The summed E-state index contributed by atoms with van der Waals surface area (Å²) in [5.74, 6) is 0.702. The molecule has 1 saturated carbocycles. The molecule has 17 heavy (non-hydrogen) atoms. The molecule has 3 N–H and O–H groups in total. The summed E-state index contributed by atoms with van der Waals surface area (Å²) in [4.78, 5) is 13.9. The summed E-state index contributed by atoms with van der Waals surface area (Å²) in [6.07, 6.45) is 4.98. The minimum Gasteiger partial charge on any atom is -0.368 e. The van der Waals surface area contributed by atoms with Crippen LogP contribution in [0.15, 0.2) is 0 Å². The average molecular weight is 239 g/mol. The molecule has 1 amide bonds. The van der Waals surface area contributed by atoms with Gasteiger partial charge in [-0.2, -0.15) is 0 Å². The van der Waals surface area contributed by atoms with Crippen LogP contribution in [0.3, 0.4) is 0 Å². The molecule has 2 bridgehead atoms. The summed E-state index contributed by atoms with van der Waals surface area (Å²) < 4.78 is 0. The van der Waals surface area contributed by atoms with Crippen molar-refractivity contribution in [2.75, 3.05) is 13.1 Å². The van der Waals surface area contributed by atoms with E-state index in [1.807, 2.05) is 13.8 Å². The van der Waals surface area contributed by atoms with Crippen LogP contribution in [0.4, 0.5) is 0 Å². The van der Waals surface area contributed by atoms with E-state index in [2.05, 4.69) is 10.2 Å². The SMILES string of the molecule is CC(C)NC(CCN1CC2CCC1C2)C(N)=O. The van der Waals surface area contributed by atoms with E-state index < -0.39 is 0 Å². The largest absolute Gasteiger partial charge is 0.368 e. The summed E-state index contributed by atoms with van der Waals surface area (Å²) in [6, 6.07) is 0.921. The van der Waals surface area contributed by atoms with Gasteiger partial charge in [-0.25, -0.2) is 0 Å². The fourth-order valence-electron chi connectivity index (χ4n) is 3.31. The molecule has 0 aromatic rings. The molecule has 3 atom stereocenters. The van der Waals surface area contributed by atoms with Crippen LogP contribution in [0.2, 0.25) is 0 Å². The molecule has 4 heteroatoms. The zero-order chi connectivity index (χ0) is 12.4. The quantitative estimate of drug-likeness (QED) is 0.718. The standard InChI is InChI=1S/C13H25N3O/c1-9(2)15-12(13(14)17)5-6-16-8-10-3-4-11(16)7-10/h9-12,15H,3-8H2,1-2H3,(H2,14,17). The summed E-state index contributed by atoms with van der Waals surface area (Å²) in [5, 5.41) is 3.25. The maximum atomic E-state index is 11.3. The number of nitrogens with one attached hydrogen (secondary N) is 1. The van der Waals surface area contributed by atoms with E-state index >= 15 is 0 Å². The molecular formula is C13H25N3O. The van der Waals surface area contributed by atoms with Crippen LogP contribution in [0.1, 0.15) is 39.5 Å². The highest BCUT2D eigenvalue weighted by atomic mass is 16.1. The molecule has 98 valence electrons. The minimum absolute atomic E-state index is 0.172. The second kappa shape index (κ2) is 5.36. The Hall–Kier alpha value is -0.610. The van der Waals surface area contributed by atoms with Crippen molar-refractivity contribution >= 4 is 5.91 Å². The van der Waals surface area contributed by atoms with E-state index in [1.54, 1.807) is 0 Å². The molecule has 1 heterocycles. The molecular weight excluding hydrogens is 214 g/mol. The zero-order valence-electron chi connectivity index (χ0n) is 11.0. The second-order valence-electron chi connectivity index (χ2n) is 5.89. The number of rotatable bonds is 6. The minimum atomic E-state index is -0.219. The van der Waals surface area contributed by atoms with Crippen molar-refractivity contribution in [2.24, 2.45) is 11.7 Å². The van der Waals surface area contributed by atoms with Crippen molar-refractivity contribution in [1.29, 1.82) is 0 Å². The number of nitrogens with zero attached hydrogens (tertiary/aromatic N) is 1. The first-order valence-corrected chi connectivity index (χ1v) is 6.85. The van der Waals surface area contributed by atoms with Gasteiger partial charge in [0, 0.05) is 25.2 Å². The lowest BCUT2D eigenvalue weighted by Gasteiger charge is -2.28. The van der Waals surface area contributed by atoms with Gasteiger partial charge in [0.05, 0.1) is 6.04 Å². The predicted molar refractivity (Wildman–Crippen MR) is 68.6 cm³/mol. The number of likely N-dealkylation sites (tertiary alicyclic amines) is 1. The van der Waals surface area contributed by atoms with Gasteiger partial charge < -0.3 is 16.0 Å². The summed E-state index contributed by atoms with van der Waals surface area (Å²) in [5.41, 5.74) is 5.43. The van der Waals surface area contributed by atoms with Crippen molar-refractivity contribution in [2.45, 2.75) is 57.7 Å². The first-order chi connectivity index (χ1) is 8.06. The van der Waals surface area contributed by atoms with Crippen LogP contribution in [-0.4, -0.2) is 42.0 Å². The fourth-order valence-corrected chi connectivity index (χ4v) is 3.31. The molecule has 0 aromatic heterocycles. The number of carbonyl (C=O) groups excluding carboxylic acids is 1. The van der Waals surface area contributed by atoms with Gasteiger partial charge in [0.1, 0.15) is 0 Å².